The largest absolute Gasteiger partial charge is 0.404 e. The Morgan fingerprint density at radius 2 is 1.50 bits per heavy atom. The summed E-state index contributed by atoms with van der Waals surface area (Å²) in [4.78, 5) is 1.40. The predicted molar refractivity (Wildman–Crippen MR) is 52.1 cm³/mol. The molecule has 4 heteroatoms. The quantitative estimate of drug-likeness (QED) is 0.690. The molecule has 0 aliphatic heterocycles. The smallest absolute Gasteiger partial charge is 0.295 e. The Hall–Kier alpha value is -0.250. The van der Waals surface area contributed by atoms with E-state index in [1.165, 1.54) is 11.9 Å². The fraction of sp³-hybridized carbons (Fsp3) is 1.00. The Bertz CT molecular complexity index is 163. The second-order valence-corrected chi connectivity index (χ2v) is 4.56. The van der Waals surface area contributed by atoms with Crippen LogP contribution in [0.25, 0.3) is 0 Å². The summed E-state index contributed by atoms with van der Waals surface area (Å²) in [5, 5.41) is 0. The SMILES string of the molecule is CC(C)CN(C)[C@H](C(C)C)C(F)(F)F. The molecule has 0 aromatic rings. The van der Waals surface area contributed by atoms with Gasteiger partial charge in [-0.2, -0.15) is 13.2 Å². The third-order valence-corrected chi connectivity index (χ3v) is 2.09. The molecule has 0 aromatic carbocycles. The maximum Gasteiger partial charge on any atom is 0.404 e. The van der Waals surface area contributed by atoms with E-state index in [1.807, 2.05) is 13.8 Å². The molecule has 0 heterocycles. The molecule has 86 valence electrons. The topological polar surface area (TPSA) is 3.24 Å². The third kappa shape index (κ3) is 4.31. The van der Waals surface area contributed by atoms with Crippen LogP contribution < -0.4 is 0 Å². The summed E-state index contributed by atoms with van der Waals surface area (Å²) in [5.41, 5.74) is 0. The van der Waals surface area contributed by atoms with Crippen molar-refractivity contribution in [3.8, 4) is 0 Å². The molecule has 1 atom stereocenters. The summed E-state index contributed by atoms with van der Waals surface area (Å²) in [7, 11) is 1.54. The van der Waals surface area contributed by atoms with Gasteiger partial charge in [-0.25, -0.2) is 0 Å². The highest BCUT2D eigenvalue weighted by Gasteiger charge is 2.44. The van der Waals surface area contributed by atoms with E-state index in [9.17, 15) is 13.2 Å². The molecule has 0 fully saturated rings. The lowest BCUT2D eigenvalue weighted by molar-refractivity contribution is -0.192. The van der Waals surface area contributed by atoms with Crippen molar-refractivity contribution in [2.75, 3.05) is 13.6 Å². The highest BCUT2D eigenvalue weighted by molar-refractivity contribution is 4.80. The van der Waals surface area contributed by atoms with Gasteiger partial charge in [-0.15, -0.1) is 0 Å². The van der Waals surface area contributed by atoms with Gasteiger partial charge >= 0.3 is 6.18 Å². The number of alkyl halides is 3. The molecule has 14 heavy (non-hydrogen) atoms. The zero-order chi connectivity index (χ0) is 11.5. The van der Waals surface area contributed by atoms with E-state index in [0.717, 1.165) is 0 Å². The number of rotatable bonds is 4. The molecular formula is C10H20F3N. The molecule has 0 unspecified atom stereocenters. The molecule has 0 saturated carbocycles. The van der Waals surface area contributed by atoms with Crippen molar-refractivity contribution in [2.45, 2.75) is 39.9 Å². The first kappa shape index (κ1) is 13.8. The van der Waals surface area contributed by atoms with Crippen LogP contribution in [-0.4, -0.2) is 30.7 Å². The molecule has 0 aliphatic carbocycles. The standard InChI is InChI=1S/C10H20F3N/c1-7(2)6-14(5)9(8(3)4)10(11,12)13/h7-9H,6H2,1-5H3/t9-/m1/s1. The van der Waals surface area contributed by atoms with Gasteiger partial charge in [0.1, 0.15) is 6.04 Å². The van der Waals surface area contributed by atoms with E-state index in [4.69, 9.17) is 0 Å². The Balaban J connectivity index is 4.50. The first-order valence-corrected chi connectivity index (χ1v) is 4.93. The number of halogens is 3. The number of nitrogens with zero attached hydrogens (tertiary/aromatic N) is 1. The maximum absolute atomic E-state index is 12.6. The average molecular weight is 211 g/mol. The molecule has 0 aliphatic rings. The van der Waals surface area contributed by atoms with Crippen LogP contribution in [0.2, 0.25) is 0 Å². The molecule has 0 amide bonds. The van der Waals surface area contributed by atoms with E-state index >= 15 is 0 Å². The fourth-order valence-electron chi connectivity index (χ4n) is 1.83. The Morgan fingerprint density at radius 3 is 1.71 bits per heavy atom. The van der Waals surface area contributed by atoms with Crippen molar-refractivity contribution in [1.29, 1.82) is 0 Å². The molecule has 0 bridgehead atoms. The van der Waals surface area contributed by atoms with Crippen LogP contribution >= 0.6 is 0 Å². The Kier molecular flexibility index (Phi) is 4.92. The van der Waals surface area contributed by atoms with Gasteiger partial charge in [0.25, 0.3) is 0 Å². The lowest BCUT2D eigenvalue weighted by Gasteiger charge is -2.33. The van der Waals surface area contributed by atoms with E-state index < -0.39 is 18.1 Å². The van der Waals surface area contributed by atoms with Gasteiger partial charge < -0.3 is 0 Å². The second kappa shape index (κ2) is 5.01. The number of hydrogen-bond acceptors (Lipinski definition) is 1. The van der Waals surface area contributed by atoms with Gasteiger partial charge in [0.2, 0.25) is 0 Å². The van der Waals surface area contributed by atoms with Crippen molar-refractivity contribution < 1.29 is 13.2 Å². The van der Waals surface area contributed by atoms with Crippen LogP contribution in [0.3, 0.4) is 0 Å². The monoisotopic (exact) mass is 211 g/mol. The number of hydrogen-bond donors (Lipinski definition) is 0. The van der Waals surface area contributed by atoms with E-state index in [2.05, 4.69) is 0 Å². The van der Waals surface area contributed by atoms with Gasteiger partial charge in [0.05, 0.1) is 0 Å². The summed E-state index contributed by atoms with van der Waals surface area (Å²) in [6, 6.07) is -1.33. The van der Waals surface area contributed by atoms with E-state index in [0.29, 0.717) is 6.54 Å². The van der Waals surface area contributed by atoms with Gasteiger partial charge in [-0.1, -0.05) is 27.7 Å². The Morgan fingerprint density at radius 1 is 1.07 bits per heavy atom. The van der Waals surface area contributed by atoms with Crippen LogP contribution in [0.1, 0.15) is 27.7 Å². The summed E-state index contributed by atoms with van der Waals surface area (Å²) in [6.07, 6.45) is -4.13. The van der Waals surface area contributed by atoms with Gasteiger partial charge in [-0.3, -0.25) is 4.90 Å². The van der Waals surface area contributed by atoms with Gasteiger partial charge in [-0.05, 0) is 18.9 Å². The van der Waals surface area contributed by atoms with Crippen LogP contribution in [0.5, 0.6) is 0 Å². The summed E-state index contributed by atoms with van der Waals surface area (Å²) < 4.78 is 37.9. The van der Waals surface area contributed by atoms with Crippen molar-refractivity contribution in [1.82, 2.24) is 4.90 Å². The zero-order valence-corrected chi connectivity index (χ0v) is 9.52. The molecule has 1 nitrogen and oxygen atoms in total. The molecule has 0 aromatic heterocycles. The first-order chi connectivity index (χ1) is 6.16. The molecule has 0 rings (SSSR count). The molecule has 0 N–H and O–H groups in total. The average Bonchev–Trinajstić information content (AvgIpc) is 1.78. The molecule has 0 saturated heterocycles. The van der Waals surface area contributed by atoms with Crippen molar-refractivity contribution in [2.24, 2.45) is 11.8 Å². The first-order valence-electron chi connectivity index (χ1n) is 4.93. The van der Waals surface area contributed by atoms with Crippen LogP contribution in [0, 0.1) is 11.8 Å². The van der Waals surface area contributed by atoms with E-state index in [1.54, 1.807) is 13.8 Å². The van der Waals surface area contributed by atoms with Crippen LogP contribution in [0.15, 0.2) is 0 Å². The Labute approximate surface area is 84.3 Å². The normalized spacial score (nSPS) is 15.6. The van der Waals surface area contributed by atoms with Crippen molar-refractivity contribution >= 4 is 0 Å². The lowest BCUT2D eigenvalue weighted by atomic mass is 10.0. The molecule has 0 radical (unpaired) electrons. The van der Waals surface area contributed by atoms with E-state index in [-0.39, 0.29) is 5.92 Å². The van der Waals surface area contributed by atoms with Crippen LogP contribution in [0.4, 0.5) is 13.2 Å². The highest BCUT2D eigenvalue weighted by Crippen LogP contribution is 2.29. The second-order valence-electron chi connectivity index (χ2n) is 4.56. The van der Waals surface area contributed by atoms with Crippen molar-refractivity contribution in [3.05, 3.63) is 0 Å². The minimum Gasteiger partial charge on any atom is -0.295 e. The summed E-state index contributed by atoms with van der Waals surface area (Å²) >= 11 is 0. The zero-order valence-electron chi connectivity index (χ0n) is 9.52. The van der Waals surface area contributed by atoms with Crippen molar-refractivity contribution in [3.63, 3.8) is 0 Å². The van der Waals surface area contributed by atoms with Gasteiger partial charge in [0.15, 0.2) is 0 Å². The summed E-state index contributed by atoms with van der Waals surface area (Å²) in [5.74, 6) is -0.151. The lowest BCUT2D eigenvalue weighted by Crippen LogP contribution is -2.48. The minimum absolute atomic E-state index is 0.253. The van der Waals surface area contributed by atoms with Crippen LogP contribution in [-0.2, 0) is 0 Å². The summed E-state index contributed by atoms with van der Waals surface area (Å²) in [6.45, 7) is 7.53. The highest BCUT2D eigenvalue weighted by atomic mass is 19.4. The fourth-order valence-corrected chi connectivity index (χ4v) is 1.83. The molecular weight excluding hydrogens is 191 g/mol. The third-order valence-electron chi connectivity index (χ3n) is 2.09. The predicted octanol–water partition coefficient (Wildman–Crippen LogP) is 3.16. The minimum atomic E-state index is -4.13. The maximum atomic E-state index is 12.6. The molecule has 0 spiro atoms. The van der Waals surface area contributed by atoms with Gasteiger partial charge in [0, 0.05) is 6.54 Å².